The van der Waals surface area contributed by atoms with Gasteiger partial charge in [-0.3, -0.25) is 0 Å². The Hall–Kier alpha value is -0.880. The highest BCUT2D eigenvalue weighted by atomic mass is 13.7. The van der Waals surface area contributed by atoms with Gasteiger partial charge in [-0.25, -0.2) is 0 Å². The average Bonchev–Trinajstić information content (AvgIpc) is 1.93. The molecule has 0 saturated heterocycles. The predicted molar refractivity (Wildman–Crippen MR) is 47.5 cm³/mol. The van der Waals surface area contributed by atoms with Crippen molar-refractivity contribution in [2.75, 3.05) is 0 Å². The van der Waals surface area contributed by atoms with Crippen LogP contribution in [0.1, 0.15) is 39.5 Å². The number of hydrogen-bond donors (Lipinski definition) is 0. The van der Waals surface area contributed by atoms with Gasteiger partial charge in [-0.2, -0.15) is 0 Å². The average molecular weight is 136 g/mol. The van der Waals surface area contributed by atoms with E-state index in [1.165, 1.54) is 0 Å². The summed E-state index contributed by atoms with van der Waals surface area (Å²) >= 11 is 0. The maximum atomic E-state index is 4.89. The Labute approximate surface area is 65.0 Å². The molecule has 0 aromatic carbocycles. The zero-order valence-electron chi connectivity index (χ0n) is 6.98. The summed E-state index contributed by atoms with van der Waals surface area (Å²) in [4.78, 5) is 0. The second-order valence-electron chi connectivity index (χ2n) is 1.91. The molecule has 56 valence electrons. The smallest absolute Gasteiger partial charge is 0.00834 e. The van der Waals surface area contributed by atoms with Crippen molar-refractivity contribution in [1.29, 1.82) is 0 Å². The van der Waals surface area contributed by atoms with E-state index >= 15 is 0 Å². The van der Waals surface area contributed by atoms with E-state index in [0.717, 1.165) is 25.7 Å². The van der Waals surface area contributed by atoms with Crippen molar-refractivity contribution in [3.63, 3.8) is 0 Å². The van der Waals surface area contributed by atoms with Gasteiger partial charge < -0.3 is 0 Å². The monoisotopic (exact) mass is 136 g/mol. The molecule has 0 aliphatic carbocycles. The summed E-state index contributed by atoms with van der Waals surface area (Å²) in [5.41, 5.74) is 0. The molecule has 0 bridgehead atoms. The molecule has 0 radical (unpaired) electrons. The van der Waals surface area contributed by atoms with Crippen LogP contribution in [0.15, 0.2) is 0 Å². The van der Waals surface area contributed by atoms with Gasteiger partial charge in [0.15, 0.2) is 0 Å². The maximum absolute atomic E-state index is 4.89. The van der Waals surface area contributed by atoms with Crippen LogP contribution in [0.4, 0.5) is 0 Å². The Morgan fingerprint density at radius 2 is 1.20 bits per heavy atom. The molecule has 0 aliphatic rings. The molecule has 0 fully saturated rings. The quantitative estimate of drug-likeness (QED) is 0.512. The third-order valence-electron chi connectivity index (χ3n) is 0.789. The lowest BCUT2D eigenvalue weighted by Crippen LogP contribution is -1.53. The largest absolute Gasteiger partial charge is 0.120 e. The van der Waals surface area contributed by atoms with E-state index in [9.17, 15) is 0 Å². The zero-order chi connectivity index (χ0) is 8.24. The van der Waals surface area contributed by atoms with E-state index in [1.807, 2.05) is 0 Å². The summed E-state index contributed by atoms with van der Waals surface area (Å²) < 4.78 is 0. The van der Waals surface area contributed by atoms with Crippen LogP contribution in [0.2, 0.25) is 0 Å². The fourth-order valence-corrected chi connectivity index (χ4v) is 0.289. The molecule has 0 atom stereocenters. The molecule has 0 N–H and O–H groups in total. The van der Waals surface area contributed by atoms with Gasteiger partial charge in [0.25, 0.3) is 0 Å². The van der Waals surface area contributed by atoms with Crippen LogP contribution in [0.3, 0.4) is 0 Å². The van der Waals surface area contributed by atoms with E-state index in [-0.39, 0.29) is 0 Å². The molecule has 0 heteroatoms. The van der Waals surface area contributed by atoms with Crippen LogP contribution in [-0.4, -0.2) is 0 Å². The van der Waals surface area contributed by atoms with Crippen LogP contribution in [0, 0.1) is 24.7 Å². The second-order valence-corrected chi connectivity index (χ2v) is 1.91. The van der Waals surface area contributed by atoms with Gasteiger partial charge >= 0.3 is 0 Å². The number of hydrogen-bond acceptors (Lipinski definition) is 0. The molecule has 0 aromatic heterocycles. The molecule has 0 saturated carbocycles. The summed E-state index contributed by atoms with van der Waals surface area (Å²) in [6, 6.07) is 0. The first-order chi connectivity index (χ1) is 4.83. The highest BCUT2D eigenvalue weighted by Crippen LogP contribution is 1.77. The van der Waals surface area contributed by atoms with Crippen LogP contribution in [0.25, 0.3) is 0 Å². The highest BCUT2D eigenvalue weighted by molar-refractivity contribution is 4.82. The molecule has 0 heterocycles. The van der Waals surface area contributed by atoms with Gasteiger partial charge in [-0.15, -0.1) is 24.7 Å². The van der Waals surface area contributed by atoms with Crippen LogP contribution < -0.4 is 0 Å². The molecule has 0 aromatic rings. The second kappa shape index (κ2) is 15.7. The summed E-state index contributed by atoms with van der Waals surface area (Å²) in [6.07, 6.45) is 13.8. The van der Waals surface area contributed by atoms with E-state index in [4.69, 9.17) is 12.8 Å². The van der Waals surface area contributed by atoms with Crippen molar-refractivity contribution in [3.8, 4) is 24.7 Å². The van der Waals surface area contributed by atoms with Crippen molar-refractivity contribution >= 4 is 0 Å². The van der Waals surface area contributed by atoms with E-state index in [1.54, 1.807) is 0 Å². The minimum absolute atomic E-state index is 0.917. The SMILES string of the molecule is C#CCCC.C#CCCC. The Bertz CT molecular complexity index is 93.0. The Balaban J connectivity index is 0. The molecule has 0 spiro atoms. The zero-order valence-corrected chi connectivity index (χ0v) is 6.98. The van der Waals surface area contributed by atoms with E-state index in [0.29, 0.717) is 0 Å². The van der Waals surface area contributed by atoms with Crippen molar-refractivity contribution < 1.29 is 0 Å². The molecule has 0 aliphatic heterocycles. The van der Waals surface area contributed by atoms with E-state index in [2.05, 4.69) is 25.7 Å². The fraction of sp³-hybridized carbons (Fsp3) is 0.600. The summed E-state index contributed by atoms with van der Waals surface area (Å²) in [5, 5.41) is 0. The summed E-state index contributed by atoms with van der Waals surface area (Å²) in [6.45, 7) is 4.14. The molecule has 10 heavy (non-hydrogen) atoms. The number of rotatable bonds is 2. The first-order valence-corrected chi connectivity index (χ1v) is 3.70. The molecule has 0 rings (SSSR count). The normalized spacial score (nSPS) is 6.40. The minimum atomic E-state index is 0.917. The van der Waals surface area contributed by atoms with Crippen LogP contribution >= 0.6 is 0 Å². The molecule has 0 amide bonds. The van der Waals surface area contributed by atoms with Gasteiger partial charge in [0.1, 0.15) is 0 Å². The number of unbranched alkanes of at least 4 members (excludes halogenated alkanes) is 2. The Kier molecular flexibility index (Phi) is 18.6. The summed E-state index contributed by atoms with van der Waals surface area (Å²) in [5.74, 6) is 5.03. The van der Waals surface area contributed by atoms with Crippen molar-refractivity contribution in [1.82, 2.24) is 0 Å². The van der Waals surface area contributed by atoms with E-state index < -0.39 is 0 Å². The Morgan fingerprint density at radius 3 is 1.20 bits per heavy atom. The third kappa shape index (κ3) is 27.4. The molecular formula is C10H16. The van der Waals surface area contributed by atoms with Gasteiger partial charge in [0.05, 0.1) is 0 Å². The first kappa shape index (κ1) is 11.9. The highest BCUT2D eigenvalue weighted by Gasteiger charge is 1.62. The van der Waals surface area contributed by atoms with Crippen molar-refractivity contribution in [2.45, 2.75) is 39.5 Å². The lowest BCUT2D eigenvalue weighted by molar-refractivity contribution is 0.984. The molecule has 0 nitrogen and oxygen atoms in total. The third-order valence-corrected chi connectivity index (χ3v) is 0.789. The first-order valence-electron chi connectivity index (χ1n) is 3.70. The summed E-state index contributed by atoms with van der Waals surface area (Å²) in [7, 11) is 0. The van der Waals surface area contributed by atoms with Gasteiger partial charge in [0.2, 0.25) is 0 Å². The Morgan fingerprint density at radius 1 is 0.900 bits per heavy atom. The van der Waals surface area contributed by atoms with Crippen molar-refractivity contribution in [3.05, 3.63) is 0 Å². The maximum Gasteiger partial charge on any atom is 0.00834 e. The fourth-order valence-electron chi connectivity index (χ4n) is 0.289. The number of terminal acetylenes is 2. The molecular weight excluding hydrogens is 120 g/mol. The van der Waals surface area contributed by atoms with Crippen molar-refractivity contribution in [2.24, 2.45) is 0 Å². The predicted octanol–water partition coefficient (Wildman–Crippen LogP) is 2.84. The van der Waals surface area contributed by atoms with Gasteiger partial charge in [0, 0.05) is 12.8 Å². The topological polar surface area (TPSA) is 0 Å². The van der Waals surface area contributed by atoms with Gasteiger partial charge in [-0.05, 0) is 12.8 Å². The van der Waals surface area contributed by atoms with Crippen LogP contribution in [0.5, 0.6) is 0 Å². The van der Waals surface area contributed by atoms with Gasteiger partial charge in [-0.1, -0.05) is 13.8 Å². The van der Waals surface area contributed by atoms with Crippen LogP contribution in [-0.2, 0) is 0 Å². The minimum Gasteiger partial charge on any atom is -0.120 e. The standard InChI is InChI=1S/2C5H8/c2*1-3-5-4-2/h2*1H,4-5H2,2H3. The lowest BCUT2D eigenvalue weighted by atomic mass is 10.4. The molecule has 0 unspecified atom stereocenters. The lowest BCUT2D eigenvalue weighted by Gasteiger charge is -1.69.